The number of nitrogens with zero attached hydrogens (tertiary/aromatic N) is 1. The van der Waals surface area contributed by atoms with Crippen molar-refractivity contribution in [1.82, 2.24) is 5.06 Å². The zero-order valence-electron chi connectivity index (χ0n) is 13.6. The lowest BCUT2D eigenvalue weighted by Gasteiger charge is -2.19. The van der Waals surface area contributed by atoms with Crippen LogP contribution >= 0.6 is 0 Å². The molecule has 0 saturated heterocycles. The quantitative estimate of drug-likeness (QED) is 0.374. The Kier molecular flexibility index (Phi) is 7.22. The van der Waals surface area contributed by atoms with E-state index in [0.29, 0.717) is 24.3 Å². The molecule has 1 aliphatic rings. The molecule has 0 bridgehead atoms. The van der Waals surface area contributed by atoms with Crippen LogP contribution in [-0.2, 0) is 11.5 Å². The Bertz CT molecular complexity index is 506. The zero-order valence-corrected chi connectivity index (χ0v) is 14.8. The van der Waals surface area contributed by atoms with Crippen LogP contribution in [0, 0.1) is 0 Å². The number of hydroxylamine groups is 2. The lowest BCUT2D eigenvalue weighted by Crippen LogP contribution is -2.40. The number of benzene rings is 1. The van der Waals surface area contributed by atoms with Crippen LogP contribution in [0.5, 0.6) is 0 Å². The van der Waals surface area contributed by atoms with Gasteiger partial charge in [-0.3, -0.25) is 9.59 Å². The fraction of sp³-hybridized carbons (Fsp3) is 0.500. The van der Waals surface area contributed by atoms with Gasteiger partial charge in [0.25, 0.3) is 11.8 Å². The summed E-state index contributed by atoms with van der Waals surface area (Å²) in [6.07, 6.45) is 3.74. The minimum absolute atomic E-state index is 0.354. The van der Waals surface area contributed by atoms with Crippen molar-refractivity contribution in [2.45, 2.75) is 39.5 Å². The van der Waals surface area contributed by atoms with Gasteiger partial charge in [-0.1, -0.05) is 38.8 Å². The highest BCUT2D eigenvalue weighted by Crippen LogP contribution is 2.23. The second-order valence-corrected chi connectivity index (χ2v) is 6.75. The lowest BCUT2D eigenvalue weighted by atomic mass is 10.1. The molecular weight excluding hydrogens is 313 g/mol. The van der Waals surface area contributed by atoms with Gasteiger partial charge in [-0.05, 0) is 25.0 Å². The van der Waals surface area contributed by atoms with Gasteiger partial charge in [0.05, 0.1) is 11.1 Å². The lowest BCUT2D eigenvalue weighted by molar-refractivity contribution is -0.0564. The zero-order chi connectivity index (χ0) is 16.7. The molecule has 2 amide bonds. The first-order chi connectivity index (χ1) is 11.2. The third-order valence-electron chi connectivity index (χ3n) is 3.45. The molecule has 0 N–H and O–H groups in total. The third kappa shape index (κ3) is 4.63. The number of fused-ring (bicyclic) bond motifs is 1. The maximum atomic E-state index is 12.3. The summed E-state index contributed by atoms with van der Waals surface area (Å²) in [7, 11) is 0. The monoisotopic (exact) mass is 335 g/mol. The van der Waals surface area contributed by atoms with Crippen LogP contribution in [0.25, 0.3) is 0 Å². The Hall–Kier alpha value is -1.23. The number of hydrogen-bond donors (Lipinski definition) is 0. The number of imide groups is 1. The van der Waals surface area contributed by atoms with Gasteiger partial charge in [-0.15, -0.1) is 0 Å². The van der Waals surface area contributed by atoms with E-state index >= 15 is 0 Å². The smallest absolute Gasteiger partial charge is 0.453 e. The molecule has 1 heterocycles. The number of carbonyl (C=O) groups excluding carboxylic acids is 2. The predicted octanol–water partition coefficient (Wildman–Crippen LogP) is 2.83. The topological polar surface area (TPSA) is 65.1 Å². The molecule has 1 aromatic rings. The molecule has 23 heavy (non-hydrogen) atoms. The van der Waals surface area contributed by atoms with Crippen molar-refractivity contribution in [2.75, 3.05) is 13.2 Å². The molecule has 0 fully saturated rings. The van der Waals surface area contributed by atoms with Crippen LogP contribution in [0.2, 0.25) is 0 Å². The van der Waals surface area contributed by atoms with E-state index < -0.39 is 27.0 Å². The molecule has 0 atom stereocenters. The molecule has 7 heteroatoms. The summed E-state index contributed by atoms with van der Waals surface area (Å²) in [5.74, 6) is -0.914. The maximum Gasteiger partial charge on any atom is 0.929 e. The number of hydrogen-bond acceptors (Lipinski definition) is 5. The molecular formula is C16H22AlNO5. The average Bonchev–Trinajstić information content (AvgIpc) is 2.80. The Morgan fingerprint density at radius 1 is 0.913 bits per heavy atom. The Labute approximate surface area is 141 Å². The fourth-order valence-corrected chi connectivity index (χ4v) is 3.41. The van der Waals surface area contributed by atoms with Crippen molar-refractivity contribution in [3.63, 3.8) is 0 Å². The molecule has 6 nitrogen and oxygen atoms in total. The van der Waals surface area contributed by atoms with Crippen LogP contribution in [0.1, 0.15) is 60.2 Å². The van der Waals surface area contributed by atoms with Crippen LogP contribution in [-0.4, -0.2) is 45.2 Å². The Balaban J connectivity index is 2.01. The molecule has 1 aliphatic heterocycles. The van der Waals surface area contributed by atoms with Gasteiger partial charge in [-0.25, -0.2) is 0 Å². The van der Waals surface area contributed by atoms with Crippen molar-refractivity contribution in [3.05, 3.63) is 35.4 Å². The molecule has 0 aromatic heterocycles. The summed E-state index contributed by atoms with van der Waals surface area (Å²) in [5.41, 5.74) is 0.708. The van der Waals surface area contributed by atoms with E-state index in [1.165, 1.54) is 0 Å². The Morgan fingerprint density at radius 2 is 1.39 bits per heavy atom. The highest BCUT2D eigenvalue weighted by Gasteiger charge is 2.43. The van der Waals surface area contributed by atoms with Crippen LogP contribution in [0.4, 0.5) is 0 Å². The van der Waals surface area contributed by atoms with Gasteiger partial charge in [-0.2, -0.15) is 5.06 Å². The largest absolute Gasteiger partial charge is 0.929 e. The van der Waals surface area contributed by atoms with E-state index in [1.54, 1.807) is 24.3 Å². The number of carbonyl (C=O) groups is 2. The summed E-state index contributed by atoms with van der Waals surface area (Å²) in [5, 5.41) is 0.791. The van der Waals surface area contributed by atoms with E-state index in [2.05, 4.69) is 13.8 Å². The minimum atomic E-state index is -2.57. The van der Waals surface area contributed by atoms with Gasteiger partial charge in [0.2, 0.25) is 0 Å². The standard InChI is InChI=1S/C8H4NO3.2C4H9O.Al/c10-7-5-3-1-2-4-6(5)8(11)9(7)12;2*1-2-3-4-5;/h1-4H;2*2-4H2,1H3;/q3*-1;+3. The molecule has 2 rings (SSSR count). The predicted molar refractivity (Wildman–Crippen MR) is 85.5 cm³/mol. The first-order valence-electron chi connectivity index (χ1n) is 8.06. The number of unbranched alkanes of at least 4 members (excludes halogenated alkanes) is 2. The van der Waals surface area contributed by atoms with E-state index in [-0.39, 0.29) is 0 Å². The second-order valence-electron chi connectivity index (χ2n) is 5.29. The molecule has 0 radical (unpaired) electrons. The van der Waals surface area contributed by atoms with Crippen molar-refractivity contribution < 1.29 is 21.1 Å². The Morgan fingerprint density at radius 3 is 1.83 bits per heavy atom. The van der Waals surface area contributed by atoms with Crippen molar-refractivity contribution in [3.8, 4) is 0 Å². The van der Waals surface area contributed by atoms with Crippen molar-refractivity contribution in [1.29, 1.82) is 0 Å². The number of rotatable bonds is 10. The molecule has 0 spiro atoms. The first kappa shape index (κ1) is 18.1. The molecule has 1 aromatic carbocycles. The minimum Gasteiger partial charge on any atom is -0.453 e. The third-order valence-corrected chi connectivity index (χ3v) is 4.85. The molecule has 124 valence electrons. The SMILES string of the molecule is CCCC[O][Al]([O]CCCC)[O]N1C(=O)c2ccccc2C1=O. The second kappa shape index (κ2) is 9.16. The summed E-state index contributed by atoms with van der Waals surface area (Å²) in [6, 6.07) is 6.67. The van der Waals surface area contributed by atoms with Gasteiger partial charge >= 0.3 is 15.1 Å². The summed E-state index contributed by atoms with van der Waals surface area (Å²) < 4.78 is 16.8. The highest BCUT2D eigenvalue weighted by molar-refractivity contribution is 6.37. The van der Waals surface area contributed by atoms with Crippen molar-refractivity contribution in [2.24, 2.45) is 0 Å². The maximum absolute atomic E-state index is 12.3. The van der Waals surface area contributed by atoms with E-state index in [4.69, 9.17) is 11.5 Å². The number of amides is 2. The molecule has 0 unspecified atom stereocenters. The summed E-state index contributed by atoms with van der Waals surface area (Å²) in [6.45, 7) is 5.12. The molecule has 0 saturated carbocycles. The highest BCUT2D eigenvalue weighted by atomic mass is 27.3. The average molecular weight is 335 g/mol. The van der Waals surface area contributed by atoms with Crippen LogP contribution < -0.4 is 0 Å². The molecule has 0 aliphatic carbocycles. The fourth-order valence-electron chi connectivity index (χ4n) is 2.11. The van der Waals surface area contributed by atoms with Gasteiger partial charge in [0.1, 0.15) is 0 Å². The van der Waals surface area contributed by atoms with Gasteiger partial charge in [0, 0.05) is 13.2 Å². The van der Waals surface area contributed by atoms with E-state index in [0.717, 1.165) is 30.7 Å². The first-order valence-corrected chi connectivity index (χ1v) is 9.48. The van der Waals surface area contributed by atoms with Crippen LogP contribution in [0.15, 0.2) is 24.3 Å². The van der Waals surface area contributed by atoms with Crippen LogP contribution in [0.3, 0.4) is 0 Å². The normalized spacial score (nSPS) is 13.6. The van der Waals surface area contributed by atoms with E-state index in [9.17, 15) is 9.59 Å². The van der Waals surface area contributed by atoms with Gasteiger partial charge < -0.3 is 11.5 Å². The summed E-state index contributed by atoms with van der Waals surface area (Å²) in [4.78, 5) is 24.6. The van der Waals surface area contributed by atoms with Crippen molar-refractivity contribution >= 4 is 27.0 Å². The van der Waals surface area contributed by atoms with E-state index in [1.807, 2.05) is 0 Å². The summed E-state index contributed by atoms with van der Waals surface area (Å²) >= 11 is -2.57. The van der Waals surface area contributed by atoms with Gasteiger partial charge in [0.15, 0.2) is 0 Å².